The number of nitrogens with one attached hydrogen (secondary N) is 1. The van der Waals surface area contributed by atoms with E-state index in [9.17, 15) is 22.0 Å². The first-order chi connectivity index (χ1) is 13.7. The normalized spacial score (nSPS) is 12.9. The highest BCUT2D eigenvalue weighted by Gasteiger charge is 2.26. The molecular weight excluding hydrogens is 389 g/mol. The van der Waals surface area contributed by atoms with Crippen LogP contribution in [-0.4, -0.2) is 25.9 Å². The first kappa shape index (κ1) is 23.3. The third-order valence-corrected chi connectivity index (χ3v) is 4.73. The Morgan fingerprint density at radius 1 is 0.966 bits per heavy atom. The first-order valence-electron chi connectivity index (χ1n) is 9.57. The van der Waals surface area contributed by atoms with Crippen molar-refractivity contribution in [3.05, 3.63) is 70.3 Å². The van der Waals surface area contributed by atoms with E-state index in [0.29, 0.717) is 6.42 Å². The number of hydrogen-bond acceptors (Lipinski definition) is 2. The van der Waals surface area contributed by atoms with Crippen LogP contribution in [0.2, 0.25) is 0 Å². The monoisotopic (exact) mass is 415 g/mol. The van der Waals surface area contributed by atoms with E-state index in [1.165, 1.54) is 18.2 Å². The number of aryl methyl sites for hydroxylation is 2. The molecule has 0 amide bonds. The van der Waals surface area contributed by atoms with Crippen LogP contribution in [0.15, 0.2) is 36.4 Å². The van der Waals surface area contributed by atoms with E-state index in [1.807, 2.05) is 32.0 Å². The van der Waals surface area contributed by atoms with Gasteiger partial charge >= 0.3 is 6.18 Å². The van der Waals surface area contributed by atoms with E-state index in [-0.39, 0.29) is 31.7 Å². The van der Waals surface area contributed by atoms with Gasteiger partial charge in [0.25, 0.3) is 0 Å². The number of ether oxygens (including phenoxy) is 1. The lowest BCUT2D eigenvalue weighted by molar-refractivity contribution is -0.133. The number of hydrogen-bond donors (Lipinski definition) is 1. The molecule has 0 radical (unpaired) electrons. The molecule has 160 valence electrons. The van der Waals surface area contributed by atoms with E-state index in [0.717, 1.165) is 16.7 Å². The lowest BCUT2D eigenvalue weighted by atomic mass is 9.97. The summed E-state index contributed by atoms with van der Waals surface area (Å²) in [7, 11) is 0. The molecule has 0 spiro atoms. The Bertz CT molecular complexity index is 751. The molecule has 0 saturated carbocycles. The van der Waals surface area contributed by atoms with Gasteiger partial charge in [-0.1, -0.05) is 24.3 Å². The van der Waals surface area contributed by atoms with Crippen LogP contribution in [-0.2, 0) is 11.2 Å². The largest absolute Gasteiger partial charge is 0.390 e. The van der Waals surface area contributed by atoms with E-state index in [4.69, 9.17) is 4.74 Å². The maximum atomic E-state index is 13.7. The lowest BCUT2D eigenvalue weighted by Gasteiger charge is -2.23. The molecule has 29 heavy (non-hydrogen) atoms. The standard InChI is InChI=1S/C22H26F5NO/c1-15-6-3-7-16(2)21(15)20(14-28-12-11-22(25,26)27)29-13-5-8-17-18(23)9-4-10-19(17)24/h3-4,6-7,9-10,20,28H,5,8,11-14H2,1-2H3. The second-order valence-electron chi connectivity index (χ2n) is 7.04. The predicted molar refractivity (Wildman–Crippen MR) is 103 cm³/mol. The van der Waals surface area contributed by atoms with Crippen molar-refractivity contribution < 1.29 is 26.7 Å². The highest BCUT2D eigenvalue weighted by atomic mass is 19.4. The third-order valence-electron chi connectivity index (χ3n) is 4.73. The fourth-order valence-corrected chi connectivity index (χ4v) is 3.29. The summed E-state index contributed by atoms with van der Waals surface area (Å²) in [6, 6.07) is 9.48. The molecule has 2 rings (SSSR count). The molecule has 1 unspecified atom stereocenters. The van der Waals surface area contributed by atoms with Gasteiger partial charge in [0.15, 0.2) is 0 Å². The van der Waals surface area contributed by atoms with Gasteiger partial charge in [0.05, 0.1) is 12.5 Å². The van der Waals surface area contributed by atoms with Gasteiger partial charge < -0.3 is 10.1 Å². The van der Waals surface area contributed by atoms with Crippen LogP contribution >= 0.6 is 0 Å². The summed E-state index contributed by atoms with van der Waals surface area (Å²) in [5.41, 5.74) is 2.90. The number of rotatable bonds is 10. The van der Waals surface area contributed by atoms with Crippen molar-refractivity contribution >= 4 is 0 Å². The summed E-state index contributed by atoms with van der Waals surface area (Å²) in [5.74, 6) is -1.18. The molecule has 7 heteroatoms. The molecule has 2 aromatic rings. The summed E-state index contributed by atoms with van der Waals surface area (Å²) in [4.78, 5) is 0. The van der Waals surface area contributed by atoms with Gasteiger partial charge in [0.2, 0.25) is 0 Å². The molecule has 0 heterocycles. The zero-order valence-electron chi connectivity index (χ0n) is 16.6. The molecule has 0 aliphatic carbocycles. The van der Waals surface area contributed by atoms with Crippen molar-refractivity contribution in [2.24, 2.45) is 0 Å². The molecular formula is C22H26F5NO. The Morgan fingerprint density at radius 2 is 1.55 bits per heavy atom. The van der Waals surface area contributed by atoms with Crippen molar-refractivity contribution in [1.82, 2.24) is 5.32 Å². The van der Waals surface area contributed by atoms with Gasteiger partial charge in [-0.05, 0) is 55.5 Å². The van der Waals surface area contributed by atoms with Gasteiger partial charge in [-0.25, -0.2) is 8.78 Å². The molecule has 0 fully saturated rings. The van der Waals surface area contributed by atoms with Gasteiger partial charge in [-0.15, -0.1) is 0 Å². The fourth-order valence-electron chi connectivity index (χ4n) is 3.29. The average Bonchev–Trinajstić information content (AvgIpc) is 2.62. The van der Waals surface area contributed by atoms with Crippen LogP contribution in [0.1, 0.15) is 41.2 Å². The Kier molecular flexibility index (Phi) is 8.59. The Morgan fingerprint density at radius 3 is 2.14 bits per heavy atom. The van der Waals surface area contributed by atoms with Crippen molar-refractivity contribution in [1.29, 1.82) is 0 Å². The number of benzene rings is 2. The Hall–Kier alpha value is -1.99. The van der Waals surface area contributed by atoms with Gasteiger partial charge in [0, 0.05) is 25.3 Å². The minimum atomic E-state index is -4.22. The summed E-state index contributed by atoms with van der Waals surface area (Å²) >= 11 is 0. The molecule has 0 saturated heterocycles. The SMILES string of the molecule is Cc1cccc(C)c1C(CNCCC(F)(F)F)OCCCc1c(F)cccc1F. The number of halogens is 5. The summed E-state index contributed by atoms with van der Waals surface area (Å²) in [5, 5.41) is 2.81. The zero-order valence-corrected chi connectivity index (χ0v) is 16.6. The van der Waals surface area contributed by atoms with E-state index in [2.05, 4.69) is 5.32 Å². The van der Waals surface area contributed by atoms with Crippen LogP contribution in [0, 0.1) is 25.5 Å². The van der Waals surface area contributed by atoms with Gasteiger partial charge in [-0.3, -0.25) is 0 Å². The topological polar surface area (TPSA) is 21.3 Å². The maximum Gasteiger partial charge on any atom is 0.390 e. The molecule has 0 aromatic heterocycles. The van der Waals surface area contributed by atoms with Crippen LogP contribution in [0.25, 0.3) is 0 Å². The second-order valence-corrected chi connectivity index (χ2v) is 7.04. The minimum Gasteiger partial charge on any atom is -0.372 e. The molecule has 2 nitrogen and oxygen atoms in total. The Labute approximate surface area is 168 Å². The van der Waals surface area contributed by atoms with Crippen molar-refractivity contribution in [2.45, 2.75) is 45.4 Å². The third kappa shape index (κ3) is 7.40. The minimum absolute atomic E-state index is 0.0167. The molecule has 0 bridgehead atoms. The van der Waals surface area contributed by atoms with Crippen LogP contribution in [0.4, 0.5) is 22.0 Å². The van der Waals surface area contributed by atoms with Crippen LogP contribution in [0.3, 0.4) is 0 Å². The van der Waals surface area contributed by atoms with Crippen molar-refractivity contribution in [3.8, 4) is 0 Å². The molecule has 0 aliphatic heterocycles. The summed E-state index contributed by atoms with van der Waals surface area (Å²) < 4.78 is 70.5. The van der Waals surface area contributed by atoms with Crippen molar-refractivity contribution in [3.63, 3.8) is 0 Å². The van der Waals surface area contributed by atoms with E-state index in [1.54, 1.807) is 0 Å². The predicted octanol–water partition coefficient (Wildman–Crippen LogP) is 5.81. The summed E-state index contributed by atoms with van der Waals surface area (Å²) in [6.45, 7) is 4.09. The fraction of sp³-hybridized carbons (Fsp3) is 0.455. The highest BCUT2D eigenvalue weighted by Crippen LogP contribution is 2.25. The van der Waals surface area contributed by atoms with E-state index >= 15 is 0 Å². The Balaban J connectivity index is 1.98. The zero-order chi connectivity index (χ0) is 21.4. The van der Waals surface area contributed by atoms with E-state index < -0.39 is 30.3 Å². The summed E-state index contributed by atoms with van der Waals surface area (Å²) in [6.07, 6.45) is -5.01. The maximum absolute atomic E-state index is 13.7. The van der Waals surface area contributed by atoms with Gasteiger partial charge in [-0.2, -0.15) is 13.2 Å². The van der Waals surface area contributed by atoms with Gasteiger partial charge in [0.1, 0.15) is 11.6 Å². The molecule has 1 N–H and O–H groups in total. The molecule has 0 aliphatic rings. The smallest absolute Gasteiger partial charge is 0.372 e. The van der Waals surface area contributed by atoms with Crippen molar-refractivity contribution in [2.75, 3.05) is 19.7 Å². The van der Waals surface area contributed by atoms with Crippen LogP contribution < -0.4 is 5.32 Å². The molecule has 1 atom stereocenters. The van der Waals surface area contributed by atoms with Crippen LogP contribution in [0.5, 0.6) is 0 Å². The number of alkyl halides is 3. The quantitative estimate of drug-likeness (QED) is 0.390. The second kappa shape index (κ2) is 10.7. The molecule has 2 aromatic carbocycles. The lowest BCUT2D eigenvalue weighted by Crippen LogP contribution is -2.28. The average molecular weight is 415 g/mol. The first-order valence-corrected chi connectivity index (χ1v) is 9.57. The highest BCUT2D eigenvalue weighted by molar-refractivity contribution is 5.35.